The van der Waals surface area contributed by atoms with E-state index in [9.17, 15) is 0 Å². The van der Waals surface area contributed by atoms with Gasteiger partial charge in [0.1, 0.15) is 11.9 Å². The maximum atomic E-state index is 5.95. The number of para-hydroxylation sites is 1. The number of aromatic nitrogens is 2. The Labute approximate surface area is 111 Å². The topological polar surface area (TPSA) is 29.9 Å². The van der Waals surface area contributed by atoms with Crippen molar-refractivity contribution in [1.82, 2.24) is 9.55 Å². The molecule has 1 aromatic carbocycles. The number of rotatable bonds is 3. The summed E-state index contributed by atoms with van der Waals surface area (Å²) in [5, 5.41) is 0. The van der Waals surface area contributed by atoms with E-state index in [1.165, 1.54) is 11.3 Å². The molecule has 0 saturated carbocycles. The molecule has 0 spiro atoms. The zero-order valence-electron chi connectivity index (χ0n) is 10.3. The fourth-order valence-electron chi connectivity index (χ4n) is 2.48. The van der Waals surface area contributed by atoms with Gasteiger partial charge in [0.2, 0.25) is 0 Å². The molecule has 0 bridgehead atoms. The summed E-state index contributed by atoms with van der Waals surface area (Å²) in [4.78, 5) is 3.11. The zero-order valence-corrected chi connectivity index (χ0v) is 11.2. The molecule has 1 atom stereocenters. The first-order valence-electron chi connectivity index (χ1n) is 6.29. The third kappa shape index (κ3) is 1.97. The number of fused-ring (bicyclic) bond motifs is 1. The highest BCUT2D eigenvalue weighted by Gasteiger charge is 2.23. The number of hydrogen-bond acceptors (Lipinski definition) is 2. The average Bonchev–Trinajstić information content (AvgIpc) is 2.94. The van der Waals surface area contributed by atoms with Gasteiger partial charge in [0, 0.05) is 18.3 Å². The number of ether oxygens (including phenoxy) is 1. The molecule has 0 radical (unpaired) electrons. The third-order valence-corrected chi connectivity index (χ3v) is 3.75. The maximum Gasteiger partial charge on any atom is 0.177 e. The fourth-order valence-corrected chi connectivity index (χ4v) is 2.73. The van der Waals surface area contributed by atoms with Crippen molar-refractivity contribution < 1.29 is 4.74 Å². The molecule has 1 N–H and O–H groups in total. The van der Waals surface area contributed by atoms with Crippen LogP contribution in [0.4, 0.5) is 0 Å². The summed E-state index contributed by atoms with van der Waals surface area (Å²) < 4.78 is 8.88. The van der Waals surface area contributed by atoms with Crippen LogP contribution in [-0.2, 0) is 19.4 Å². The van der Waals surface area contributed by atoms with E-state index in [1.807, 2.05) is 18.3 Å². The van der Waals surface area contributed by atoms with Gasteiger partial charge in [0.05, 0.1) is 6.54 Å². The van der Waals surface area contributed by atoms with Gasteiger partial charge >= 0.3 is 0 Å². The molecule has 0 saturated heterocycles. The molecule has 18 heavy (non-hydrogen) atoms. The smallest absolute Gasteiger partial charge is 0.177 e. The number of benzene rings is 1. The molecule has 0 fully saturated rings. The highest BCUT2D eigenvalue weighted by atomic mass is 32.1. The van der Waals surface area contributed by atoms with E-state index < -0.39 is 0 Å². The second-order valence-corrected chi connectivity index (χ2v) is 4.99. The van der Waals surface area contributed by atoms with E-state index in [0.717, 1.165) is 29.9 Å². The standard InChI is InChI=1S/C14H16N2OS/c1-2-11-8-15-14(18)16(11)9-12-7-10-5-3-4-6-13(10)17-12/h3-6,8,12H,2,7,9H2,1H3,(H,15,18). The molecule has 2 aromatic rings. The molecule has 0 aliphatic carbocycles. The molecular formula is C14H16N2OS. The Morgan fingerprint density at radius 1 is 1.44 bits per heavy atom. The van der Waals surface area contributed by atoms with E-state index in [2.05, 4.69) is 28.6 Å². The third-order valence-electron chi connectivity index (χ3n) is 3.42. The number of H-pyrrole nitrogens is 1. The van der Waals surface area contributed by atoms with Crippen molar-refractivity contribution in [3.05, 3.63) is 46.5 Å². The molecule has 1 unspecified atom stereocenters. The Kier molecular flexibility index (Phi) is 2.96. The highest BCUT2D eigenvalue weighted by molar-refractivity contribution is 7.71. The van der Waals surface area contributed by atoms with Crippen molar-refractivity contribution in [3.8, 4) is 5.75 Å². The molecule has 1 aliphatic rings. The quantitative estimate of drug-likeness (QED) is 0.859. The predicted octanol–water partition coefficient (Wildman–Crippen LogP) is 3.11. The lowest BCUT2D eigenvalue weighted by Gasteiger charge is -2.13. The van der Waals surface area contributed by atoms with Gasteiger partial charge in [0.25, 0.3) is 0 Å². The molecule has 3 nitrogen and oxygen atoms in total. The average molecular weight is 260 g/mol. The number of hydrogen-bond donors (Lipinski definition) is 1. The molecule has 2 heterocycles. The Hall–Kier alpha value is -1.55. The van der Waals surface area contributed by atoms with Crippen LogP contribution in [0, 0.1) is 4.77 Å². The van der Waals surface area contributed by atoms with Crippen molar-refractivity contribution in [2.45, 2.75) is 32.4 Å². The molecular weight excluding hydrogens is 244 g/mol. The van der Waals surface area contributed by atoms with Crippen LogP contribution in [-0.4, -0.2) is 15.7 Å². The van der Waals surface area contributed by atoms with Gasteiger partial charge in [-0.15, -0.1) is 0 Å². The Morgan fingerprint density at radius 2 is 2.28 bits per heavy atom. The lowest BCUT2D eigenvalue weighted by molar-refractivity contribution is 0.207. The first-order chi connectivity index (χ1) is 8.78. The van der Waals surface area contributed by atoms with E-state index in [1.54, 1.807) is 0 Å². The first kappa shape index (κ1) is 11.5. The minimum absolute atomic E-state index is 0.190. The maximum absolute atomic E-state index is 5.95. The summed E-state index contributed by atoms with van der Waals surface area (Å²) >= 11 is 5.31. The minimum Gasteiger partial charge on any atom is -0.488 e. The zero-order chi connectivity index (χ0) is 12.5. The van der Waals surface area contributed by atoms with Crippen LogP contribution < -0.4 is 4.74 Å². The van der Waals surface area contributed by atoms with Gasteiger partial charge in [-0.3, -0.25) is 0 Å². The molecule has 1 aromatic heterocycles. The normalized spacial score (nSPS) is 17.5. The van der Waals surface area contributed by atoms with Crippen LogP contribution in [0.2, 0.25) is 0 Å². The van der Waals surface area contributed by atoms with Gasteiger partial charge in [-0.1, -0.05) is 25.1 Å². The molecule has 1 aliphatic heterocycles. The summed E-state index contributed by atoms with van der Waals surface area (Å²) in [6.45, 7) is 2.96. The first-order valence-corrected chi connectivity index (χ1v) is 6.70. The number of nitrogens with one attached hydrogen (secondary N) is 1. The van der Waals surface area contributed by atoms with Crippen LogP contribution in [0.1, 0.15) is 18.2 Å². The summed E-state index contributed by atoms with van der Waals surface area (Å²) in [5.41, 5.74) is 2.53. The monoisotopic (exact) mass is 260 g/mol. The van der Waals surface area contributed by atoms with Gasteiger partial charge in [-0.2, -0.15) is 0 Å². The van der Waals surface area contributed by atoms with Gasteiger partial charge in [-0.25, -0.2) is 0 Å². The number of aryl methyl sites for hydroxylation is 1. The van der Waals surface area contributed by atoms with Crippen molar-refractivity contribution in [2.24, 2.45) is 0 Å². The SMILES string of the molecule is CCc1c[nH]c(=S)n1CC1Cc2ccccc2O1. The van der Waals surface area contributed by atoms with Crippen LogP contribution >= 0.6 is 12.2 Å². The van der Waals surface area contributed by atoms with Crippen LogP contribution in [0.3, 0.4) is 0 Å². The van der Waals surface area contributed by atoms with Crippen molar-refractivity contribution in [3.63, 3.8) is 0 Å². The number of nitrogens with zero attached hydrogens (tertiary/aromatic N) is 1. The molecule has 4 heteroatoms. The summed E-state index contributed by atoms with van der Waals surface area (Å²) in [6, 6.07) is 8.24. The lowest BCUT2D eigenvalue weighted by Crippen LogP contribution is -2.22. The van der Waals surface area contributed by atoms with Gasteiger partial charge in [-0.05, 0) is 30.3 Å². The number of aromatic amines is 1. The fraction of sp³-hybridized carbons (Fsp3) is 0.357. The van der Waals surface area contributed by atoms with Crippen LogP contribution in [0.5, 0.6) is 5.75 Å². The summed E-state index contributed by atoms with van der Waals surface area (Å²) in [7, 11) is 0. The van der Waals surface area contributed by atoms with Crippen molar-refractivity contribution >= 4 is 12.2 Å². The second-order valence-electron chi connectivity index (χ2n) is 4.60. The van der Waals surface area contributed by atoms with Gasteiger partial charge in [0.15, 0.2) is 4.77 Å². The van der Waals surface area contributed by atoms with Crippen LogP contribution in [0.25, 0.3) is 0 Å². The van der Waals surface area contributed by atoms with E-state index in [0.29, 0.717) is 0 Å². The largest absolute Gasteiger partial charge is 0.488 e. The predicted molar refractivity (Wildman–Crippen MR) is 73.6 cm³/mol. The van der Waals surface area contributed by atoms with Crippen LogP contribution in [0.15, 0.2) is 30.5 Å². The van der Waals surface area contributed by atoms with E-state index in [-0.39, 0.29) is 6.10 Å². The summed E-state index contributed by atoms with van der Waals surface area (Å²) in [6.07, 6.45) is 4.12. The molecule has 94 valence electrons. The minimum atomic E-state index is 0.190. The molecule has 3 rings (SSSR count). The van der Waals surface area contributed by atoms with Crippen molar-refractivity contribution in [2.75, 3.05) is 0 Å². The van der Waals surface area contributed by atoms with E-state index >= 15 is 0 Å². The lowest BCUT2D eigenvalue weighted by atomic mass is 10.1. The molecule has 0 amide bonds. The van der Waals surface area contributed by atoms with E-state index in [4.69, 9.17) is 17.0 Å². The Morgan fingerprint density at radius 3 is 3.06 bits per heavy atom. The highest BCUT2D eigenvalue weighted by Crippen LogP contribution is 2.29. The van der Waals surface area contributed by atoms with Crippen molar-refractivity contribution in [1.29, 1.82) is 0 Å². The Bertz CT molecular complexity index is 589. The second kappa shape index (κ2) is 4.61. The Balaban J connectivity index is 1.80. The number of imidazole rings is 1. The van der Waals surface area contributed by atoms with Gasteiger partial charge < -0.3 is 14.3 Å². The summed E-state index contributed by atoms with van der Waals surface area (Å²) in [5.74, 6) is 1.02.